The number of hydrogen-bond donors (Lipinski definition) is 1. The lowest BCUT2D eigenvalue weighted by molar-refractivity contribution is 0.442. The van der Waals surface area contributed by atoms with E-state index in [2.05, 4.69) is 21.1 Å². The zero-order valence-corrected chi connectivity index (χ0v) is 9.41. The van der Waals surface area contributed by atoms with Gasteiger partial charge in [0.25, 0.3) is 0 Å². The van der Waals surface area contributed by atoms with Crippen LogP contribution in [-0.2, 0) is 6.42 Å². The number of nitrogens with zero attached hydrogens (tertiary/aromatic N) is 1. The van der Waals surface area contributed by atoms with Crippen molar-refractivity contribution in [3.8, 4) is 0 Å². The summed E-state index contributed by atoms with van der Waals surface area (Å²) in [5.74, 6) is 0. The monoisotopic (exact) mass is 254 g/mol. The zero-order chi connectivity index (χ0) is 10.1. The maximum atomic E-state index is 5.72. The number of hydrogen-bond acceptors (Lipinski definition) is 3. The topological polar surface area (TPSA) is 52.0 Å². The van der Waals surface area contributed by atoms with Crippen molar-refractivity contribution in [3.05, 3.63) is 28.4 Å². The van der Waals surface area contributed by atoms with Gasteiger partial charge in [0.15, 0.2) is 5.58 Å². The SMILES string of the molecule is CC(N)Cc1noc2c(Br)cccc12. The van der Waals surface area contributed by atoms with Gasteiger partial charge in [-0.15, -0.1) is 0 Å². The highest BCUT2D eigenvalue weighted by molar-refractivity contribution is 9.10. The van der Waals surface area contributed by atoms with Crippen molar-refractivity contribution in [1.82, 2.24) is 5.16 Å². The van der Waals surface area contributed by atoms with Crippen LogP contribution in [0.3, 0.4) is 0 Å². The molecule has 1 aromatic carbocycles. The summed E-state index contributed by atoms with van der Waals surface area (Å²) in [6, 6.07) is 5.99. The van der Waals surface area contributed by atoms with Crippen LogP contribution in [0.2, 0.25) is 0 Å². The number of benzene rings is 1. The minimum Gasteiger partial charge on any atom is -0.355 e. The van der Waals surface area contributed by atoms with Gasteiger partial charge in [-0.25, -0.2) is 0 Å². The molecule has 1 unspecified atom stereocenters. The second-order valence-corrected chi connectivity index (χ2v) is 4.28. The zero-order valence-electron chi connectivity index (χ0n) is 7.83. The average molecular weight is 255 g/mol. The number of rotatable bonds is 2. The van der Waals surface area contributed by atoms with E-state index in [0.717, 1.165) is 27.6 Å². The first-order chi connectivity index (χ1) is 6.68. The lowest BCUT2D eigenvalue weighted by atomic mass is 10.1. The van der Waals surface area contributed by atoms with Crippen LogP contribution in [-0.4, -0.2) is 11.2 Å². The Morgan fingerprint density at radius 1 is 1.57 bits per heavy atom. The van der Waals surface area contributed by atoms with E-state index in [1.807, 2.05) is 25.1 Å². The third-order valence-corrected chi connectivity index (χ3v) is 2.66. The molecule has 74 valence electrons. The molecule has 14 heavy (non-hydrogen) atoms. The van der Waals surface area contributed by atoms with Gasteiger partial charge < -0.3 is 10.3 Å². The molecule has 0 saturated heterocycles. The van der Waals surface area contributed by atoms with Gasteiger partial charge in [0, 0.05) is 17.8 Å². The summed E-state index contributed by atoms with van der Waals surface area (Å²) < 4.78 is 6.16. The molecule has 0 amide bonds. The molecule has 2 N–H and O–H groups in total. The van der Waals surface area contributed by atoms with E-state index in [-0.39, 0.29) is 6.04 Å². The molecule has 1 heterocycles. The standard InChI is InChI=1S/C10H11BrN2O/c1-6(12)5-9-7-3-2-4-8(11)10(7)14-13-9/h2-4,6H,5,12H2,1H3. The van der Waals surface area contributed by atoms with E-state index in [4.69, 9.17) is 10.3 Å². The van der Waals surface area contributed by atoms with Gasteiger partial charge in [-0.05, 0) is 35.0 Å². The van der Waals surface area contributed by atoms with Gasteiger partial charge in [0.1, 0.15) is 0 Å². The van der Waals surface area contributed by atoms with Gasteiger partial charge in [0.05, 0.1) is 10.2 Å². The third kappa shape index (κ3) is 1.67. The highest BCUT2D eigenvalue weighted by Crippen LogP contribution is 2.26. The van der Waals surface area contributed by atoms with E-state index >= 15 is 0 Å². The van der Waals surface area contributed by atoms with E-state index in [1.165, 1.54) is 0 Å². The van der Waals surface area contributed by atoms with Crippen LogP contribution in [0.15, 0.2) is 27.2 Å². The summed E-state index contributed by atoms with van der Waals surface area (Å²) in [7, 11) is 0. The molecule has 2 aromatic rings. The Bertz CT molecular complexity index is 450. The van der Waals surface area contributed by atoms with Crippen LogP contribution >= 0.6 is 15.9 Å². The molecule has 0 bridgehead atoms. The summed E-state index contributed by atoms with van der Waals surface area (Å²) in [5.41, 5.74) is 7.44. The van der Waals surface area contributed by atoms with Gasteiger partial charge in [-0.2, -0.15) is 0 Å². The number of nitrogens with two attached hydrogens (primary N) is 1. The lowest BCUT2D eigenvalue weighted by Gasteiger charge is -1.99. The Balaban J connectivity index is 2.52. The van der Waals surface area contributed by atoms with Gasteiger partial charge >= 0.3 is 0 Å². The molecule has 4 heteroatoms. The number of aromatic nitrogens is 1. The molecule has 0 spiro atoms. The van der Waals surface area contributed by atoms with Crippen molar-refractivity contribution in [1.29, 1.82) is 0 Å². The summed E-state index contributed by atoms with van der Waals surface area (Å²) >= 11 is 3.41. The maximum absolute atomic E-state index is 5.72. The fraction of sp³-hybridized carbons (Fsp3) is 0.300. The molecular weight excluding hydrogens is 244 g/mol. The van der Waals surface area contributed by atoms with E-state index in [0.29, 0.717) is 0 Å². The van der Waals surface area contributed by atoms with Gasteiger partial charge in [-0.1, -0.05) is 11.2 Å². The summed E-state index contributed by atoms with van der Waals surface area (Å²) in [5, 5.41) is 5.05. The lowest BCUT2D eigenvalue weighted by Crippen LogP contribution is -2.17. The van der Waals surface area contributed by atoms with Gasteiger partial charge in [0.2, 0.25) is 0 Å². The predicted molar refractivity (Wildman–Crippen MR) is 59.1 cm³/mol. The molecule has 2 rings (SSSR count). The molecule has 0 saturated carbocycles. The Morgan fingerprint density at radius 3 is 3.07 bits per heavy atom. The second-order valence-electron chi connectivity index (χ2n) is 3.43. The van der Waals surface area contributed by atoms with Crippen LogP contribution in [0, 0.1) is 0 Å². The second kappa shape index (κ2) is 3.71. The van der Waals surface area contributed by atoms with Crippen molar-refractivity contribution in [2.45, 2.75) is 19.4 Å². The Labute approximate surface area is 90.4 Å². The van der Waals surface area contributed by atoms with Crippen LogP contribution in [0.25, 0.3) is 11.0 Å². The molecule has 1 aromatic heterocycles. The highest BCUT2D eigenvalue weighted by Gasteiger charge is 2.11. The fourth-order valence-electron chi connectivity index (χ4n) is 1.43. The van der Waals surface area contributed by atoms with Crippen molar-refractivity contribution in [3.63, 3.8) is 0 Å². The highest BCUT2D eigenvalue weighted by atomic mass is 79.9. The molecule has 0 aliphatic carbocycles. The normalized spacial score (nSPS) is 13.4. The van der Waals surface area contributed by atoms with Crippen molar-refractivity contribution in [2.24, 2.45) is 5.73 Å². The van der Waals surface area contributed by atoms with E-state index < -0.39 is 0 Å². The first-order valence-corrected chi connectivity index (χ1v) is 5.26. The first-order valence-electron chi connectivity index (χ1n) is 4.47. The maximum Gasteiger partial charge on any atom is 0.181 e. The average Bonchev–Trinajstić information content (AvgIpc) is 2.49. The Kier molecular flexibility index (Phi) is 2.56. The molecule has 3 nitrogen and oxygen atoms in total. The molecular formula is C10H11BrN2O. The van der Waals surface area contributed by atoms with Crippen molar-refractivity contribution < 1.29 is 4.52 Å². The van der Waals surface area contributed by atoms with E-state index in [9.17, 15) is 0 Å². The number of fused-ring (bicyclic) bond motifs is 1. The van der Waals surface area contributed by atoms with E-state index in [1.54, 1.807) is 0 Å². The fourth-order valence-corrected chi connectivity index (χ4v) is 1.87. The van der Waals surface area contributed by atoms with Crippen molar-refractivity contribution >= 4 is 26.9 Å². The van der Waals surface area contributed by atoms with Crippen LogP contribution in [0.1, 0.15) is 12.6 Å². The molecule has 0 radical (unpaired) electrons. The summed E-state index contributed by atoms with van der Waals surface area (Å²) in [6.45, 7) is 1.96. The largest absolute Gasteiger partial charge is 0.355 e. The number of para-hydroxylation sites is 1. The quantitative estimate of drug-likeness (QED) is 0.896. The van der Waals surface area contributed by atoms with Crippen molar-refractivity contribution in [2.75, 3.05) is 0 Å². The molecule has 1 atom stereocenters. The Morgan fingerprint density at radius 2 is 2.36 bits per heavy atom. The third-order valence-electron chi connectivity index (χ3n) is 2.04. The molecule has 0 aliphatic rings. The van der Waals surface area contributed by atoms with Crippen LogP contribution in [0.5, 0.6) is 0 Å². The smallest absolute Gasteiger partial charge is 0.181 e. The summed E-state index contributed by atoms with van der Waals surface area (Å²) in [6.07, 6.45) is 0.740. The number of halogens is 1. The first kappa shape index (κ1) is 9.68. The van der Waals surface area contributed by atoms with Gasteiger partial charge in [-0.3, -0.25) is 0 Å². The van der Waals surface area contributed by atoms with Crippen LogP contribution in [0.4, 0.5) is 0 Å². The molecule has 0 fully saturated rings. The Hall–Kier alpha value is -0.870. The van der Waals surface area contributed by atoms with Crippen LogP contribution < -0.4 is 5.73 Å². The minimum absolute atomic E-state index is 0.0993. The summed E-state index contributed by atoms with van der Waals surface area (Å²) in [4.78, 5) is 0. The predicted octanol–water partition coefficient (Wildman–Crippen LogP) is 2.48. The molecule has 0 aliphatic heterocycles. The minimum atomic E-state index is 0.0993.